The van der Waals surface area contributed by atoms with Crippen LogP contribution in [0, 0.1) is 0 Å². The molecule has 2 aliphatic heterocycles. The lowest BCUT2D eigenvalue weighted by Crippen LogP contribution is -2.48. The molecule has 7 atom stereocenters. The number of hydrogen-bond acceptors (Lipinski definition) is 6. The number of aliphatic hydroxyl groups excluding tert-OH is 5. The Balaban J connectivity index is 2.11. The summed E-state index contributed by atoms with van der Waals surface area (Å²) in [6.45, 7) is 1.37. The molecule has 0 aliphatic carbocycles. The van der Waals surface area contributed by atoms with Crippen LogP contribution in [0.25, 0.3) is 0 Å². The monoisotopic (exact) mass is 261 g/mol. The van der Waals surface area contributed by atoms with Gasteiger partial charge in [0.2, 0.25) is 0 Å². The first-order chi connectivity index (χ1) is 8.47. The zero-order valence-corrected chi connectivity index (χ0v) is 10.6. The lowest BCUT2D eigenvalue weighted by atomic mass is 9.99. The Morgan fingerprint density at radius 2 is 1.83 bits per heavy atom. The highest BCUT2D eigenvalue weighted by atomic mass is 16.3. The molecule has 106 valence electrons. The van der Waals surface area contributed by atoms with Gasteiger partial charge in [0, 0.05) is 18.5 Å². The van der Waals surface area contributed by atoms with Crippen LogP contribution in [-0.4, -0.2) is 79.6 Å². The topological polar surface area (TPSA) is 104 Å². The average Bonchev–Trinajstić information content (AvgIpc) is 2.80. The highest BCUT2D eigenvalue weighted by Crippen LogP contribution is 2.38. The van der Waals surface area contributed by atoms with E-state index in [1.807, 2.05) is 4.90 Å². The van der Waals surface area contributed by atoms with Crippen LogP contribution in [0.4, 0.5) is 0 Å². The lowest BCUT2D eigenvalue weighted by Gasteiger charge is -2.33. The predicted molar refractivity (Wildman–Crippen MR) is 63.8 cm³/mol. The molecule has 0 aromatic heterocycles. The van der Waals surface area contributed by atoms with E-state index in [1.54, 1.807) is 6.92 Å². The van der Waals surface area contributed by atoms with Gasteiger partial charge in [0.05, 0.1) is 37.1 Å². The maximum atomic E-state index is 10.1. The number of nitrogens with zero attached hydrogens (tertiary/aromatic N) is 1. The largest absolute Gasteiger partial charge is 0.395 e. The molecule has 0 spiro atoms. The van der Waals surface area contributed by atoms with Crippen molar-refractivity contribution in [2.75, 3.05) is 6.61 Å². The third kappa shape index (κ3) is 2.29. The van der Waals surface area contributed by atoms with Crippen LogP contribution in [0.3, 0.4) is 0 Å². The minimum atomic E-state index is -0.971. The second-order valence-corrected chi connectivity index (χ2v) is 5.54. The summed E-state index contributed by atoms with van der Waals surface area (Å²) in [5.74, 6) is 0. The van der Waals surface area contributed by atoms with E-state index < -0.39 is 30.5 Å². The molecule has 2 saturated heterocycles. The highest BCUT2D eigenvalue weighted by molar-refractivity contribution is 5.08. The number of fused-ring (bicyclic) bond motifs is 1. The van der Waals surface area contributed by atoms with Crippen molar-refractivity contribution < 1.29 is 25.5 Å². The maximum Gasteiger partial charge on any atom is 0.0991 e. The first-order valence-electron chi connectivity index (χ1n) is 6.58. The van der Waals surface area contributed by atoms with Crippen LogP contribution < -0.4 is 0 Å². The van der Waals surface area contributed by atoms with Gasteiger partial charge in [-0.3, -0.25) is 4.90 Å². The van der Waals surface area contributed by atoms with Crippen molar-refractivity contribution in [2.45, 2.75) is 68.7 Å². The molecule has 6 heteroatoms. The summed E-state index contributed by atoms with van der Waals surface area (Å²) in [6.07, 6.45) is -1.48. The van der Waals surface area contributed by atoms with E-state index in [4.69, 9.17) is 0 Å². The molecule has 5 N–H and O–H groups in total. The third-order valence-corrected chi connectivity index (χ3v) is 4.26. The summed E-state index contributed by atoms with van der Waals surface area (Å²) in [7, 11) is 0. The number of rotatable bonds is 4. The first kappa shape index (κ1) is 14.2. The number of aliphatic hydroxyl groups is 5. The van der Waals surface area contributed by atoms with E-state index in [9.17, 15) is 25.5 Å². The van der Waals surface area contributed by atoms with Gasteiger partial charge in [-0.15, -0.1) is 0 Å². The zero-order valence-electron chi connectivity index (χ0n) is 10.6. The van der Waals surface area contributed by atoms with Crippen LogP contribution in [0.2, 0.25) is 0 Å². The van der Waals surface area contributed by atoms with Gasteiger partial charge in [0.1, 0.15) is 0 Å². The Morgan fingerprint density at radius 3 is 2.39 bits per heavy atom. The van der Waals surface area contributed by atoms with Crippen LogP contribution >= 0.6 is 0 Å². The molecule has 2 rings (SSSR count). The van der Waals surface area contributed by atoms with Gasteiger partial charge in [-0.2, -0.15) is 0 Å². The molecule has 0 aromatic carbocycles. The van der Waals surface area contributed by atoms with Gasteiger partial charge in [-0.25, -0.2) is 0 Å². The fraction of sp³-hybridized carbons (Fsp3) is 1.00. The molecule has 2 heterocycles. The van der Waals surface area contributed by atoms with Gasteiger partial charge in [-0.1, -0.05) is 0 Å². The van der Waals surface area contributed by atoms with Crippen molar-refractivity contribution in [3.63, 3.8) is 0 Å². The van der Waals surface area contributed by atoms with E-state index in [0.717, 1.165) is 0 Å². The molecule has 2 fully saturated rings. The Hall–Kier alpha value is -0.240. The lowest BCUT2D eigenvalue weighted by molar-refractivity contribution is -0.0118. The molecular formula is C12H23NO5. The van der Waals surface area contributed by atoms with Crippen molar-refractivity contribution in [3.8, 4) is 0 Å². The smallest absolute Gasteiger partial charge is 0.0991 e. The van der Waals surface area contributed by atoms with Crippen LogP contribution in [-0.2, 0) is 0 Å². The molecule has 2 aliphatic rings. The van der Waals surface area contributed by atoms with E-state index in [2.05, 4.69) is 0 Å². The van der Waals surface area contributed by atoms with E-state index in [0.29, 0.717) is 12.8 Å². The van der Waals surface area contributed by atoms with Gasteiger partial charge < -0.3 is 25.5 Å². The van der Waals surface area contributed by atoms with Crippen molar-refractivity contribution in [3.05, 3.63) is 0 Å². The fourth-order valence-corrected chi connectivity index (χ4v) is 3.46. The Kier molecular flexibility index (Phi) is 4.25. The molecule has 0 aromatic rings. The first-order valence-corrected chi connectivity index (χ1v) is 6.58. The average molecular weight is 261 g/mol. The van der Waals surface area contributed by atoms with E-state index in [1.165, 1.54) is 0 Å². The third-order valence-electron chi connectivity index (χ3n) is 4.26. The predicted octanol–water partition coefficient (Wildman–Crippen LogP) is -1.95. The van der Waals surface area contributed by atoms with Gasteiger partial charge >= 0.3 is 0 Å². The Bertz CT molecular complexity index is 286. The van der Waals surface area contributed by atoms with Crippen LogP contribution in [0.1, 0.15) is 26.2 Å². The highest BCUT2D eigenvalue weighted by Gasteiger charge is 2.54. The molecule has 0 radical (unpaired) electrons. The Morgan fingerprint density at radius 1 is 1.17 bits per heavy atom. The summed E-state index contributed by atoms with van der Waals surface area (Å²) in [5.41, 5.74) is 0. The summed E-state index contributed by atoms with van der Waals surface area (Å²) < 4.78 is 0. The Labute approximate surface area is 106 Å². The summed E-state index contributed by atoms with van der Waals surface area (Å²) in [4.78, 5) is 1.84. The fourth-order valence-electron chi connectivity index (χ4n) is 3.46. The van der Waals surface area contributed by atoms with Gasteiger partial charge in [0.15, 0.2) is 0 Å². The summed E-state index contributed by atoms with van der Waals surface area (Å²) >= 11 is 0. The maximum absolute atomic E-state index is 10.1. The zero-order chi connectivity index (χ0) is 13.4. The van der Waals surface area contributed by atoms with Crippen molar-refractivity contribution in [1.29, 1.82) is 0 Å². The molecule has 2 unspecified atom stereocenters. The quantitative estimate of drug-likeness (QED) is 0.403. The van der Waals surface area contributed by atoms with E-state index in [-0.39, 0.29) is 25.1 Å². The SMILES string of the molecule is CC(O)CC(O)[C@H]1CC[C@@H]2[C@H](O)[C@H](O)[C@@H](CO)N12. The normalized spacial score (nSPS) is 44.0. The van der Waals surface area contributed by atoms with Gasteiger partial charge in [-0.05, 0) is 19.8 Å². The standard InChI is InChI=1S/C12H23NO5/c1-6(15)4-10(16)7-2-3-8-11(17)12(18)9(5-14)13(7)8/h6-12,14-18H,2-5H2,1H3/t6?,7-,8-,9-,10?,11+,12-/m1/s1. The molecule has 6 nitrogen and oxygen atoms in total. The molecule has 0 saturated carbocycles. The summed E-state index contributed by atoms with van der Waals surface area (Å²) in [6, 6.07) is -0.944. The van der Waals surface area contributed by atoms with Crippen molar-refractivity contribution >= 4 is 0 Å². The summed E-state index contributed by atoms with van der Waals surface area (Å²) in [5, 5.41) is 48.5. The van der Waals surface area contributed by atoms with E-state index >= 15 is 0 Å². The molecule has 18 heavy (non-hydrogen) atoms. The second-order valence-electron chi connectivity index (χ2n) is 5.54. The second kappa shape index (κ2) is 5.40. The van der Waals surface area contributed by atoms with Crippen LogP contribution in [0.15, 0.2) is 0 Å². The minimum Gasteiger partial charge on any atom is -0.395 e. The molecular weight excluding hydrogens is 238 g/mol. The van der Waals surface area contributed by atoms with Crippen molar-refractivity contribution in [2.24, 2.45) is 0 Å². The minimum absolute atomic E-state index is 0.203. The molecule has 0 amide bonds. The number of hydrogen-bond donors (Lipinski definition) is 5. The van der Waals surface area contributed by atoms with Crippen LogP contribution in [0.5, 0.6) is 0 Å². The van der Waals surface area contributed by atoms with Gasteiger partial charge in [0.25, 0.3) is 0 Å². The molecule has 0 bridgehead atoms. The van der Waals surface area contributed by atoms with Crippen molar-refractivity contribution in [1.82, 2.24) is 4.90 Å².